The van der Waals surface area contributed by atoms with E-state index in [1.165, 1.54) is 29.5 Å². The van der Waals surface area contributed by atoms with Gasteiger partial charge in [0.1, 0.15) is 5.82 Å². The second-order valence-corrected chi connectivity index (χ2v) is 8.67. The van der Waals surface area contributed by atoms with Crippen LogP contribution in [0.25, 0.3) is 0 Å². The number of benzene rings is 2. The number of halogens is 1. The minimum Gasteiger partial charge on any atom is -0.387 e. The lowest BCUT2D eigenvalue weighted by Crippen LogP contribution is -2.37. The van der Waals surface area contributed by atoms with E-state index in [4.69, 9.17) is 0 Å². The molecule has 0 bridgehead atoms. The first-order valence-electron chi connectivity index (χ1n) is 10.1. The molecule has 0 saturated carbocycles. The molecular weight excluding hydrogens is 415 g/mol. The van der Waals surface area contributed by atoms with Crippen LogP contribution >= 0.6 is 11.3 Å². The zero-order valence-electron chi connectivity index (χ0n) is 17.0. The first-order chi connectivity index (χ1) is 14.9. The molecule has 1 fully saturated rings. The van der Waals surface area contributed by atoms with Gasteiger partial charge in [-0.15, -0.1) is 11.3 Å². The van der Waals surface area contributed by atoms with Gasteiger partial charge in [0.25, 0.3) is 0 Å². The number of thiophene rings is 1. The van der Waals surface area contributed by atoms with Crippen LogP contribution in [0.5, 0.6) is 0 Å². The van der Waals surface area contributed by atoms with Crippen LogP contribution in [0, 0.1) is 18.7 Å². The summed E-state index contributed by atoms with van der Waals surface area (Å²) in [7, 11) is 0. The first kappa shape index (κ1) is 21.2. The summed E-state index contributed by atoms with van der Waals surface area (Å²) < 4.78 is 13.4. The Hall–Kier alpha value is -3.03. The molecule has 1 aromatic heterocycles. The third-order valence-corrected chi connectivity index (χ3v) is 6.45. The van der Waals surface area contributed by atoms with Crippen LogP contribution in [-0.2, 0) is 9.59 Å². The number of carbonyl (C=O) groups is 2. The van der Waals surface area contributed by atoms with Gasteiger partial charge in [-0.3, -0.25) is 9.59 Å². The lowest BCUT2D eigenvalue weighted by Gasteiger charge is -2.27. The molecule has 0 aliphatic carbocycles. The minimum absolute atomic E-state index is 0.0608. The molecule has 2 heterocycles. The molecule has 7 heteroatoms. The highest BCUT2D eigenvalue weighted by Crippen LogP contribution is 2.43. The van der Waals surface area contributed by atoms with Crippen LogP contribution < -0.4 is 10.2 Å². The zero-order chi connectivity index (χ0) is 22.0. The normalized spacial score (nSPS) is 19.5. The van der Waals surface area contributed by atoms with E-state index in [1.807, 2.05) is 48.7 Å². The van der Waals surface area contributed by atoms with E-state index in [1.54, 1.807) is 11.0 Å². The number of carbonyl (C=O) groups excluding carboxylic acids is 2. The highest BCUT2D eigenvalue weighted by Gasteiger charge is 2.45. The van der Waals surface area contributed by atoms with Gasteiger partial charge < -0.3 is 15.3 Å². The Kier molecular flexibility index (Phi) is 6.15. The number of aliphatic hydroxyl groups is 1. The molecule has 3 atom stereocenters. The van der Waals surface area contributed by atoms with Crippen LogP contribution in [0.4, 0.5) is 10.1 Å². The average Bonchev–Trinajstić information content (AvgIpc) is 3.40. The second-order valence-electron chi connectivity index (χ2n) is 7.69. The number of hydrogen-bond acceptors (Lipinski definition) is 4. The fraction of sp³-hybridized carbons (Fsp3) is 0.250. The van der Waals surface area contributed by atoms with Crippen molar-refractivity contribution in [1.82, 2.24) is 5.32 Å². The zero-order valence-corrected chi connectivity index (χ0v) is 17.8. The van der Waals surface area contributed by atoms with Crippen molar-refractivity contribution in [1.29, 1.82) is 0 Å². The van der Waals surface area contributed by atoms with Crippen LogP contribution in [0.3, 0.4) is 0 Å². The largest absolute Gasteiger partial charge is 0.387 e. The number of aliphatic hydroxyl groups excluding tert-OH is 1. The summed E-state index contributed by atoms with van der Waals surface area (Å²) in [5.41, 5.74) is 2.23. The van der Waals surface area contributed by atoms with Crippen LogP contribution in [0.15, 0.2) is 66.0 Å². The van der Waals surface area contributed by atoms with Crippen molar-refractivity contribution in [2.75, 3.05) is 11.4 Å². The maximum Gasteiger partial charge on any atom is 0.228 e. The highest BCUT2D eigenvalue weighted by atomic mass is 32.1. The molecule has 0 radical (unpaired) electrons. The molecule has 160 valence electrons. The molecule has 0 spiro atoms. The van der Waals surface area contributed by atoms with Gasteiger partial charge in [-0.1, -0.05) is 35.9 Å². The summed E-state index contributed by atoms with van der Waals surface area (Å²) >= 11 is 1.50. The van der Waals surface area contributed by atoms with Crippen molar-refractivity contribution in [2.24, 2.45) is 5.92 Å². The number of aryl methyl sites for hydroxylation is 1. The summed E-state index contributed by atoms with van der Waals surface area (Å²) in [6.07, 6.45) is -0.955. The third-order valence-electron chi connectivity index (χ3n) is 5.51. The summed E-state index contributed by atoms with van der Waals surface area (Å²) in [6, 6.07) is 16.7. The highest BCUT2D eigenvalue weighted by molar-refractivity contribution is 7.10. The van der Waals surface area contributed by atoms with Crippen molar-refractivity contribution in [3.8, 4) is 0 Å². The molecule has 1 aliphatic heterocycles. The number of rotatable bonds is 6. The lowest BCUT2D eigenvalue weighted by atomic mass is 9.97. The van der Waals surface area contributed by atoms with Gasteiger partial charge in [-0.05, 0) is 48.2 Å². The van der Waals surface area contributed by atoms with Gasteiger partial charge in [0, 0.05) is 23.5 Å². The second kappa shape index (κ2) is 8.99. The van der Waals surface area contributed by atoms with Gasteiger partial charge >= 0.3 is 0 Å². The Balaban J connectivity index is 1.54. The van der Waals surface area contributed by atoms with Gasteiger partial charge in [-0.25, -0.2) is 4.39 Å². The molecule has 2 aromatic carbocycles. The molecule has 3 aromatic rings. The van der Waals surface area contributed by atoms with Gasteiger partial charge in [0.2, 0.25) is 11.8 Å². The lowest BCUT2D eigenvalue weighted by molar-refractivity contribution is -0.127. The van der Waals surface area contributed by atoms with E-state index in [2.05, 4.69) is 5.32 Å². The third kappa shape index (κ3) is 4.52. The van der Waals surface area contributed by atoms with E-state index >= 15 is 0 Å². The topological polar surface area (TPSA) is 69.6 Å². The quantitative estimate of drug-likeness (QED) is 0.608. The number of hydrogen-bond donors (Lipinski definition) is 2. The number of nitrogens with zero attached hydrogens (tertiary/aromatic N) is 1. The van der Waals surface area contributed by atoms with Crippen molar-refractivity contribution in [3.05, 3.63) is 87.9 Å². The maximum atomic E-state index is 13.4. The molecule has 31 heavy (non-hydrogen) atoms. The maximum absolute atomic E-state index is 13.4. The Bertz CT molecular complexity index is 1070. The first-order valence-corrected chi connectivity index (χ1v) is 11.0. The van der Waals surface area contributed by atoms with E-state index in [0.717, 1.165) is 16.1 Å². The Morgan fingerprint density at radius 2 is 2.00 bits per heavy atom. The van der Waals surface area contributed by atoms with Crippen LogP contribution in [0.1, 0.15) is 34.6 Å². The van der Waals surface area contributed by atoms with Gasteiger partial charge in [-0.2, -0.15) is 0 Å². The average molecular weight is 439 g/mol. The summed E-state index contributed by atoms with van der Waals surface area (Å²) in [5, 5.41) is 15.0. The molecular formula is C24H23FN2O3S. The fourth-order valence-electron chi connectivity index (χ4n) is 3.92. The summed E-state index contributed by atoms with van der Waals surface area (Å²) in [6.45, 7) is 1.92. The smallest absolute Gasteiger partial charge is 0.228 e. The molecule has 2 amide bonds. The van der Waals surface area contributed by atoms with Crippen molar-refractivity contribution >= 4 is 28.8 Å². The standard InChI is InChI=1S/C24H23FN2O3S/c1-15-7-9-18(10-8-15)27-22(29)13-19(23(27)21-6-3-11-31-21)24(30)26-14-20(28)16-4-2-5-17(25)12-16/h2-12,19-20,23,28H,13-14H2,1H3,(H,26,30). The minimum atomic E-state index is -1.04. The van der Waals surface area contributed by atoms with E-state index in [-0.39, 0.29) is 24.8 Å². The van der Waals surface area contributed by atoms with Crippen LogP contribution in [-0.4, -0.2) is 23.5 Å². The predicted molar refractivity (Wildman–Crippen MR) is 118 cm³/mol. The van der Waals surface area contributed by atoms with Gasteiger partial charge in [0.15, 0.2) is 0 Å². The Morgan fingerprint density at radius 1 is 1.23 bits per heavy atom. The SMILES string of the molecule is Cc1ccc(N2C(=O)CC(C(=O)NCC(O)c3cccc(F)c3)C2c2cccs2)cc1. The fourth-order valence-corrected chi connectivity index (χ4v) is 4.80. The van der Waals surface area contributed by atoms with Gasteiger partial charge in [0.05, 0.1) is 18.1 Å². The van der Waals surface area contributed by atoms with Crippen molar-refractivity contribution in [3.63, 3.8) is 0 Å². The molecule has 4 rings (SSSR count). The molecule has 1 saturated heterocycles. The number of amides is 2. The Labute approximate surface area is 184 Å². The van der Waals surface area contributed by atoms with E-state index in [0.29, 0.717) is 5.56 Å². The monoisotopic (exact) mass is 438 g/mol. The molecule has 5 nitrogen and oxygen atoms in total. The molecule has 2 N–H and O–H groups in total. The Morgan fingerprint density at radius 3 is 2.68 bits per heavy atom. The molecule has 3 unspecified atom stereocenters. The number of anilines is 1. The van der Waals surface area contributed by atoms with E-state index in [9.17, 15) is 19.1 Å². The molecule has 1 aliphatic rings. The predicted octanol–water partition coefficient (Wildman–Crippen LogP) is 4.14. The van der Waals surface area contributed by atoms with E-state index < -0.39 is 23.9 Å². The summed E-state index contributed by atoms with van der Waals surface area (Å²) in [4.78, 5) is 28.6. The summed E-state index contributed by atoms with van der Waals surface area (Å²) in [5.74, 6) is -1.46. The number of nitrogens with one attached hydrogen (secondary N) is 1. The van der Waals surface area contributed by atoms with Crippen molar-refractivity contribution < 1.29 is 19.1 Å². The van der Waals surface area contributed by atoms with Crippen LogP contribution in [0.2, 0.25) is 0 Å². The van der Waals surface area contributed by atoms with Crippen molar-refractivity contribution in [2.45, 2.75) is 25.5 Å².